The quantitative estimate of drug-likeness (QED) is 0.624. The van der Waals surface area contributed by atoms with Crippen LogP contribution in [0.3, 0.4) is 0 Å². The Hall–Kier alpha value is -2.16. The van der Waals surface area contributed by atoms with Gasteiger partial charge >= 0.3 is 12.2 Å². The first-order chi connectivity index (χ1) is 10.9. The SMILES string of the molecule is O=C(NCCSc1ccccc1)Nc1cnn(CC(F)(F)F)c1. The summed E-state index contributed by atoms with van der Waals surface area (Å²) in [6, 6.07) is 9.25. The molecule has 0 saturated carbocycles. The first-order valence-corrected chi connectivity index (χ1v) is 7.73. The minimum Gasteiger partial charge on any atom is -0.337 e. The third-order valence-corrected chi connectivity index (χ3v) is 3.65. The minimum absolute atomic E-state index is 0.211. The Morgan fingerprint density at radius 2 is 2.00 bits per heavy atom. The Morgan fingerprint density at radius 1 is 1.26 bits per heavy atom. The van der Waals surface area contributed by atoms with E-state index in [4.69, 9.17) is 0 Å². The summed E-state index contributed by atoms with van der Waals surface area (Å²) >= 11 is 1.60. The lowest BCUT2D eigenvalue weighted by atomic mass is 10.4. The fraction of sp³-hybridized carbons (Fsp3) is 0.286. The van der Waals surface area contributed by atoms with E-state index in [0.29, 0.717) is 12.3 Å². The molecule has 0 saturated heterocycles. The van der Waals surface area contributed by atoms with Crippen LogP contribution >= 0.6 is 11.8 Å². The van der Waals surface area contributed by atoms with Crippen molar-refractivity contribution in [3.63, 3.8) is 0 Å². The van der Waals surface area contributed by atoms with Gasteiger partial charge in [0.2, 0.25) is 0 Å². The van der Waals surface area contributed by atoms with Gasteiger partial charge in [-0.2, -0.15) is 18.3 Å². The van der Waals surface area contributed by atoms with Gasteiger partial charge in [-0.25, -0.2) is 4.79 Å². The Bertz CT molecular complexity index is 630. The summed E-state index contributed by atoms with van der Waals surface area (Å²) in [4.78, 5) is 12.7. The van der Waals surface area contributed by atoms with Crippen molar-refractivity contribution in [2.75, 3.05) is 17.6 Å². The molecule has 0 bridgehead atoms. The normalized spacial score (nSPS) is 11.3. The molecule has 5 nitrogen and oxygen atoms in total. The minimum atomic E-state index is -4.35. The Balaban J connectivity index is 1.68. The lowest BCUT2D eigenvalue weighted by molar-refractivity contribution is -0.142. The predicted octanol–water partition coefficient (Wildman–Crippen LogP) is 3.36. The van der Waals surface area contributed by atoms with Crippen molar-refractivity contribution in [3.05, 3.63) is 42.7 Å². The zero-order valence-electron chi connectivity index (χ0n) is 12.0. The maximum atomic E-state index is 12.2. The highest BCUT2D eigenvalue weighted by Crippen LogP contribution is 2.18. The molecule has 1 aromatic heterocycles. The topological polar surface area (TPSA) is 59.0 Å². The number of alkyl halides is 3. The van der Waals surface area contributed by atoms with Crippen LogP contribution in [0.25, 0.3) is 0 Å². The summed E-state index contributed by atoms with van der Waals surface area (Å²) in [7, 11) is 0. The maximum absolute atomic E-state index is 12.2. The molecule has 2 aromatic rings. The van der Waals surface area contributed by atoms with Gasteiger partial charge in [-0.05, 0) is 12.1 Å². The van der Waals surface area contributed by atoms with Gasteiger partial charge < -0.3 is 10.6 Å². The molecule has 2 N–H and O–H groups in total. The fourth-order valence-corrected chi connectivity index (χ4v) is 2.51. The number of urea groups is 1. The first-order valence-electron chi connectivity index (χ1n) is 6.74. The van der Waals surface area contributed by atoms with Crippen molar-refractivity contribution in [2.24, 2.45) is 0 Å². The van der Waals surface area contributed by atoms with E-state index in [1.165, 1.54) is 6.20 Å². The van der Waals surface area contributed by atoms with E-state index in [-0.39, 0.29) is 5.69 Å². The van der Waals surface area contributed by atoms with Crippen LogP contribution in [0.5, 0.6) is 0 Å². The number of hydrogen-bond donors (Lipinski definition) is 2. The largest absolute Gasteiger partial charge is 0.408 e. The number of nitrogens with zero attached hydrogens (tertiary/aromatic N) is 2. The number of anilines is 1. The monoisotopic (exact) mass is 344 g/mol. The molecule has 2 amide bonds. The van der Waals surface area contributed by atoms with E-state index in [2.05, 4.69) is 15.7 Å². The van der Waals surface area contributed by atoms with E-state index >= 15 is 0 Å². The summed E-state index contributed by atoms with van der Waals surface area (Å²) in [6.07, 6.45) is -2.05. The van der Waals surface area contributed by atoms with Gasteiger partial charge in [-0.15, -0.1) is 11.8 Å². The van der Waals surface area contributed by atoms with Crippen LogP contribution < -0.4 is 10.6 Å². The summed E-state index contributed by atoms with van der Waals surface area (Å²) in [5.41, 5.74) is 0.211. The number of nitrogens with one attached hydrogen (secondary N) is 2. The van der Waals surface area contributed by atoms with Crippen molar-refractivity contribution >= 4 is 23.5 Å². The van der Waals surface area contributed by atoms with Crippen LogP contribution in [0.2, 0.25) is 0 Å². The van der Waals surface area contributed by atoms with Crippen molar-refractivity contribution in [1.29, 1.82) is 0 Å². The Labute approximate surface area is 135 Å². The molecule has 0 fully saturated rings. The molecule has 0 atom stereocenters. The second-order valence-corrected chi connectivity index (χ2v) is 5.75. The smallest absolute Gasteiger partial charge is 0.337 e. The highest BCUT2D eigenvalue weighted by atomic mass is 32.2. The van der Waals surface area contributed by atoms with Crippen LogP contribution in [0.4, 0.5) is 23.7 Å². The number of benzene rings is 1. The van der Waals surface area contributed by atoms with Gasteiger partial charge in [0.05, 0.1) is 11.9 Å². The van der Waals surface area contributed by atoms with E-state index < -0.39 is 18.8 Å². The molecule has 124 valence electrons. The number of carbonyl (C=O) groups excluding carboxylic acids is 1. The number of halogens is 3. The van der Waals surface area contributed by atoms with E-state index in [9.17, 15) is 18.0 Å². The van der Waals surface area contributed by atoms with Crippen molar-refractivity contribution in [2.45, 2.75) is 17.6 Å². The number of rotatable bonds is 6. The number of amides is 2. The molecule has 1 aromatic carbocycles. The summed E-state index contributed by atoms with van der Waals surface area (Å²) < 4.78 is 37.3. The van der Waals surface area contributed by atoms with Gasteiger partial charge in [0, 0.05) is 23.4 Å². The average molecular weight is 344 g/mol. The van der Waals surface area contributed by atoms with Crippen LogP contribution in [-0.4, -0.2) is 34.3 Å². The zero-order valence-corrected chi connectivity index (χ0v) is 12.8. The molecule has 0 aliphatic carbocycles. The van der Waals surface area contributed by atoms with Crippen LogP contribution in [0.1, 0.15) is 0 Å². The van der Waals surface area contributed by atoms with Crippen LogP contribution in [0.15, 0.2) is 47.6 Å². The number of hydrogen-bond acceptors (Lipinski definition) is 3. The maximum Gasteiger partial charge on any atom is 0.408 e. The number of carbonyl (C=O) groups is 1. The van der Waals surface area contributed by atoms with E-state index in [1.54, 1.807) is 11.8 Å². The van der Waals surface area contributed by atoms with Gasteiger partial charge in [0.25, 0.3) is 0 Å². The van der Waals surface area contributed by atoms with Gasteiger partial charge in [-0.3, -0.25) is 4.68 Å². The van der Waals surface area contributed by atoms with Gasteiger partial charge in [0.15, 0.2) is 0 Å². The molecule has 0 aliphatic rings. The van der Waals surface area contributed by atoms with Crippen LogP contribution in [0, 0.1) is 0 Å². The Morgan fingerprint density at radius 3 is 2.70 bits per heavy atom. The second kappa shape index (κ2) is 7.91. The fourth-order valence-electron chi connectivity index (χ4n) is 1.72. The highest BCUT2D eigenvalue weighted by Gasteiger charge is 2.28. The first kappa shape index (κ1) is 17.2. The highest BCUT2D eigenvalue weighted by molar-refractivity contribution is 7.99. The predicted molar refractivity (Wildman–Crippen MR) is 82.5 cm³/mol. The lowest BCUT2D eigenvalue weighted by Gasteiger charge is -2.06. The van der Waals surface area contributed by atoms with Crippen LogP contribution in [-0.2, 0) is 6.54 Å². The van der Waals surface area contributed by atoms with Gasteiger partial charge in [-0.1, -0.05) is 18.2 Å². The van der Waals surface area contributed by atoms with Crippen molar-refractivity contribution in [1.82, 2.24) is 15.1 Å². The number of thioether (sulfide) groups is 1. The lowest BCUT2D eigenvalue weighted by Crippen LogP contribution is -2.30. The second-order valence-electron chi connectivity index (χ2n) is 4.58. The number of aromatic nitrogens is 2. The summed E-state index contributed by atoms with van der Waals surface area (Å²) in [5.74, 6) is 0.685. The molecule has 9 heteroatoms. The molecule has 2 rings (SSSR count). The van der Waals surface area contributed by atoms with Gasteiger partial charge in [0.1, 0.15) is 6.54 Å². The molecule has 1 heterocycles. The summed E-state index contributed by atoms with van der Waals surface area (Å²) in [6.45, 7) is -0.758. The standard InChI is InChI=1S/C14H15F3N4OS/c15-14(16,17)10-21-9-11(8-19-21)20-13(22)18-6-7-23-12-4-2-1-3-5-12/h1-5,8-9H,6-7,10H2,(H2,18,20,22). The van der Waals surface area contributed by atoms with Crippen molar-refractivity contribution in [3.8, 4) is 0 Å². The molecular weight excluding hydrogens is 329 g/mol. The average Bonchev–Trinajstić information content (AvgIpc) is 2.89. The molecular formula is C14H15F3N4OS. The zero-order chi connectivity index (χ0) is 16.7. The molecule has 0 unspecified atom stereocenters. The Kier molecular flexibility index (Phi) is 5.91. The van der Waals surface area contributed by atoms with Crippen molar-refractivity contribution < 1.29 is 18.0 Å². The summed E-state index contributed by atoms with van der Waals surface area (Å²) in [5, 5.41) is 8.61. The van der Waals surface area contributed by atoms with E-state index in [0.717, 1.165) is 15.8 Å². The molecule has 23 heavy (non-hydrogen) atoms. The molecule has 0 spiro atoms. The third kappa shape index (κ3) is 6.64. The van der Waals surface area contributed by atoms with E-state index in [1.807, 2.05) is 30.3 Å². The molecule has 0 radical (unpaired) electrons. The molecule has 0 aliphatic heterocycles. The third-order valence-electron chi connectivity index (χ3n) is 2.63.